The van der Waals surface area contributed by atoms with Gasteiger partial charge >= 0.3 is 5.97 Å². The topological polar surface area (TPSA) is 51.3 Å². The van der Waals surface area contributed by atoms with E-state index in [2.05, 4.69) is 18.8 Å². The molecule has 0 aromatic carbocycles. The lowest BCUT2D eigenvalue weighted by molar-refractivity contribution is 0.0519. The molecule has 0 bridgehead atoms. The number of rotatable bonds is 3. The van der Waals surface area contributed by atoms with Crippen molar-refractivity contribution in [1.29, 1.82) is 0 Å². The molecule has 16 heavy (non-hydrogen) atoms. The second kappa shape index (κ2) is 4.20. The molecule has 1 aromatic rings. The van der Waals surface area contributed by atoms with Gasteiger partial charge in [-0.15, -0.1) is 0 Å². The highest BCUT2D eigenvalue weighted by atomic mass is 16.5. The van der Waals surface area contributed by atoms with E-state index in [1.54, 1.807) is 13.0 Å². The summed E-state index contributed by atoms with van der Waals surface area (Å²) >= 11 is 0. The van der Waals surface area contributed by atoms with Gasteiger partial charge in [-0.2, -0.15) is 0 Å². The maximum absolute atomic E-state index is 11.5. The van der Waals surface area contributed by atoms with Gasteiger partial charge in [-0.25, -0.2) is 4.79 Å². The molecule has 0 aliphatic carbocycles. The fraction of sp³-hybridized carbons (Fsp3) is 0.583. The maximum atomic E-state index is 11.5. The molecule has 88 valence electrons. The van der Waals surface area contributed by atoms with Gasteiger partial charge in [0.05, 0.1) is 18.9 Å². The standard InChI is InChI=1S/C12H17NO3/c1-4-15-12(14)9-5-10-11(13-9)8(6-16-10)7(2)3/h5,7-8,13H,4,6H2,1-3H3. The summed E-state index contributed by atoms with van der Waals surface area (Å²) in [5.74, 6) is 1.32. The third-order valence-electron chi connectivity index (χ3n) is 2.90. The van der Waals surface area contributed by atoms with Crippen molar-refractivity contribution < 1.29 is 14.3 Å². The van der Waals surface area contributed by atoms with E-state index in [1.807, 2.05) is 0 Å². The summed E-state index contributed by atoms with van der Waals surface area (Å²) in [4.78, 5) is 14.6. The number of aromatic nitrogens is 1. The number of carbonyl (C=O) groups is 1. The number of ether oxygens (including phenoxy) is 2. The molecule has 4 heteroatoms. The number of esters is 1. The number of aromatic amines is 1. The molecule has 1 aliphatic rings. The first kappa shape index (κ1) is 11.0. The highest BCUT2D eigenvalue weighted by Crippen LogP contribution is 2.38. The van der Waals surface area contributed by atoms with Crippen LogP contribution in [0.25, 0.3) is 0 Å². The van der Waals surface area contributed by atoms with Crippen LogP contribution in [0.4, 0.5) is 0 Å². The average molecular weight is 223 g/mol. The molecule has 4 nitrogen and oxygen atoms in total. The number of fused-ring (bicyclic) bond motifs is 1. The largest absolute Gasteiger partial charge is 0.491 e. The second-order valence-corrected chi connectivity index (χ2v) is 4.34. The van der Waals surface area contributed by atoms with Crippen molar-refractivity contribution >= 4 is 5.97 Å². The minimum absolute atomic E-state index is 0.317. The van der Waals surface area contributed by atoms with Crippen molar-refractivity contribution in [3.05, 3.63) is 17.5 Å². The van der Waals surface area contributed by atoms with E-state index in [0.29, 0.717) is 30.7 Å². The Hall–Kier alpha value is -1.45. The van der Waals surface area contributed by atoms with Gasteiger partial charge in [0, 0.05) is 12.0 Å². The summed E-state index contributed by atoms with van der Waals surface area (Å²) in [6.45, 7) is 7.17. The van der Waals surface area contributed by atoms with Gasteiger partial charge in [-0.3, -0.25) is 0 Å². The van der Waals surface area contributed by atoms with Crippen LogP contribution in [0, 0.1) is 5.92 Å². The zero-order valence-electron chi connectivity index (χ0n) is 9.87. The number of nitrogens with one attached hydrogen (secondary N) is 1. The minimum atomic E-state index is -0.317. The van der Waals surface area contributed by atoms with E-state index in [0.717, 1.165) is 11.4 Å². The fourth-order valence-corrected chi connectivity index (χ4v) is 1.95. The van der Waals surface area contributed by atoms with E-state index in [4.69, 9.17) is 9.47 Å². The summed E-state index contributed by atoms with van der Waals surface area (Å²) in [6, 6.07) is 1.73. The predicted octanol–water partition coefficient (Wildman–Crippen LogP) is 2.32. The molecule has 0 spiro atoms. The zero-order valence-corrected chi connectivity index (χ0v) is 9.87. The van der Waals surface area contributed by atoms with Gasteiger partial charge in [-0.1, -0.05) is 13.8 Å². The van der Waals surface area contributed by atoms with Crippen molar-refractivity contribution in [3.63, 3.8) is 0 Å². The van der Waals surface area contributed by atoms with Crippen LogP contribution in [0.3, 0.4) is 0 Å². The molecule has 1 unspecified atom stereocenters. The summed E-state index contributed by atoms with van der Waals surface area (Å²) in [5, 5.41) is 0. The molecular formula is C12H17NO3. The maximum Gasteiger partial charge on any atom is 0.354 e. The summed E-state index contributed by atoms with van der Waals surface area (Å²) in [5.41, 5.74) is 1.51. The van der Waals surface area contributed by atoms with Gasteiger partial charge in [0.1, 0.15) is 11.4 Å². The van der Waals surface area contributed by atoms with Gasteiger partial charge in [0.25, 0.3) is 0 Å². The van der Waals surface area contributed by atoms with Gasteiger partial charge in [0.15, 0.2) is 0 Å². The number of H-pyrrole nitrogens is 1. The molecule has 1 aliphatic heterocycles. The van der Waals surface area contributed by atoms with Crippen molar-refractivity contribution in [2.24, 2.45) is 5.92 Å². The SMILES string of the molecule is CCOC(=O)c1cc2c([nH]1)C(C(C)C)CO2. The Morgan fingerprint density at radius 2 is 2.44 bits per heavy atom. The Balaban J connectivity index is 2.22. The lowest BCUT2D eigenvalue weighted by Gasteiger charge is -2.11. The molecule has 0 saturated heterocycles. The second-order valence-electron chi connectivity index (χ2n) is 4.34. The van der Waals surface area contributed by atoms with Crippen LogP contribution in [-0.4, -0.2) is 24.2 Å². The number of hydrogen-bond donors (Lipinski definition) is 1. The van der Waals surface area contributed by atoms with Crippen LogP contribution in [0.2, 0.25) is 0 Å². The zero-order chi connectivity index (χ0) is 11.7. The average Bonchev–Trinajstić information content (AvgIpc) is 2.74. The Morgan fingerprint density at radius 3 is 3.06 bits per heavy atom. The first-order valence-corrected chi connectivity index (χ1v) is 5.66. The van der Waals surface area contributed by atoms with Crippen LogP contribution in [0.5, 0.6) is 5.75 Å². The Labute approximate surface area is 94.9 Å². The fourth-order valence-electron chi connectivity index (χ4n) is 1.95. The summed E-state index contributed by atoms with van der Waals surface area (Å²) in [7, 11) is 0. The summed E-state index contributed by atoms with van der Waals surface area (Å²) in [6.07, 6.45) is 0. The third-order valence-corrected chi connectivity index (χ3v) is 2.90. The number of carbonyl (C=O) groups excluding carboxylic acids is 1. The number of hydrogen-bond acceptors (Lipinski definition) is 3. The predicted molar refractivity (Wildman–Crippen MR) is 59.8 cm³/mol. The molecule has 0 amide bonds. The highest BCUT2D eigenvalue weighted by Gasteiger charge is 2.30. The highest BCUT2D eigenvalue weighted by molar-refractivity contribution is 5.88. The van der Waals surface area contributed by atoms with Crippen LogP contribution in [0.15, 0.2) is 6.07 Å². The van der Waals surface area contributed by atoms with Gasteiger partial charge < -0.3 is 14.5 Å². The van der Waals surface area contributed by atoms with E-state index in [-0.39, 0.29) is 5.97 Å². The Bertz CT molecular complexity index is 395. The minimum Gasteiger partial charge on any atom is -0.491 e. The van der Waals surface area contributed by atoms with Crippen molar-refractivity contribution in [2.45, 2.75) is 26.7 Å². The molecule has 1 atom stereocenters. The van der Waals surface area contributed by atoms with Gasteiger partial charge in [0.2, 0.25) is 0 Å². The molecule has 1 N–H and O–H groups in total. The smallest absolute Gasteiger partial charge is 0.354 e. The van der Waals surface area contributed by atoms with Crippen LogP contribution < -0.4 is 4.74 Å². The van der Waals surface area contributed by atoms with Crippen molar-refractivity contribution in [1.82, 2.24) is 4.98 Å². The van der Waals surface area contributed by atoms with Crippen LogP contribution in [0.1, 0.15) is 42.9 Å². The third kappa shape index (κ3) is 1.79. The van der Waals surface area contributed by atoms with Crippen molar-refractivity contribution in [2.75, 3.05) is 13.2 Å². The molecule has 0 saturated carbocycles. The molecule has 2 rings (SSSR count). The Morgan fingerprint density at radius 1 is 1.69 bits per heavy atom. The van der Waals surface area contributed by atoms with Crippen molar-refractivity contribution in [3.8, 4) is 5.75 Å². The lowest BCUT2D eigenvalue weighted by atomic mass is 9.95. The lowest BCUT2D eigenvalue weighted by Crippen LogP contribution is -2.11. The van der Waals surface area contributed by atoms with Crippen LogP contribution >= 0.6 is 0 Å². The van der Waals surface area contributed by atoms with Gasteiger partial charge in [-0.05, 0) is 12.8 Å². The van der Waals surface area contributed by atoms with E-state index in [9.17, 15) is 4.79 Å². The van der Waals surface area contributed by atoms with Crippen LogP contribution in [-0.2, 0) is 4.74 Å². The molecule has 0 radical (unpaired) electrons. The first-order valence-electron chi connectivity index (χ1n) is 5.66. The quantitative estimate of drug-likeness (QED) is 0.800. The Kier molecular flexibility index (Phi) is 2.90. The first-order chi connectivity index (χ1) is 7.63. The molecule has 0 fully saturated rings. The molecule has 1 aromatic heterocycles. The van der Waals surface area contributed by atoms with E-state index >= 15 is 0 Å². The molecule has 2 heterocycles. The normalized spacial score (nSPS) is 18.4. The monoisotopic (exact) mass is 223 g/mol. The van der Waals surface area contributed by atoms with E-state index in [1.165, 1.54) is 0 Å². The summed E-state index contributed by atoms with van der Waals surface area (Å²) < 4.78 is 10.5. The van der Waals surface area contributed by atoms with E-state index < -0.39 is 0 Å². The molecular weight excluding hydrogens is 206 g/mol.